The van der Waals surface area contributed by atoms with Gasteiger partial charge in [0.2, 0.25) is 0 Å². The minimum atomic E-state index is 0.459. The van der Waals surface area contributed by atoms with Crippen LogP contribution >= 0.6 is 0 Å². The molecule has 4 nitrogen and oxygen atoms in total. The lowest BCUT2D eigenvalue weighted by atomic mass is 10.1. The van der Waals surface area contributed by atoms with Crippen LogP contribution in [0.15, 0.2) is 10.2 Å². The standard InChI is InChI=1S/C12H24N4/c1-10(2)9-14-15-11(3)16(4)12-5-7-13-8-6-12/h9-10,12-13H,5-8H2,1-4H3/b14-9+,15-11-. The van der Waals surface area contributed by atoms with E-state index in [1.54, 1.807) is 0 Å². The van der Waals surface area contributed by atoms with Crippen LogP contribution in [-0.2, 0) is 0 Å². The van der Waals surface area contributed by atoms with Crippen molar-refractivity contribution in [2.45, 2.75) is 39.7 Å². The van der Waals surface area contributed by atoms with Crippen molar-refractivity contribution in [1.29, 1.82) is 0 Å². The van der Waals surface area contributed by atoms with E-state index in [9.17, 15) is 0 Å². The summed E-state index contributed by atoms with van der Waals surface area (Å²) in [5, 5.41) is 11.7. The fourth-order valence-corrected chi connectivity index (χ4v) is 1.78. The van der Waals surface area contributed by atoms with E-state index in [0.717, 1.165) is 18.9 Å². The van der Waals surface area contributed by atoms with Crippen LogP contribution in [0.1, 0.15) is 33.6 Å². The van der Waals surface area contributed by atoms with Gasteiger partial charge in [-0.2, -0.15) is 5.10 Å². The third-order valence-electron chi connectivity index (χ3n) is 2.93. The largest absolute Gasteiger partial charge is 0.359 e. The van der Waals surface area contributed by atoms with E-state index in [2.05, 4.69) is 41.3 Å². The monoisotopic (exact) mass is 224 g/mol. The zero-order valence-electron chi connectivity index (χ0n) is 10.9. The van der Waals surface area contributed by atoms with Crippen LogP contribution in [0.3, 0.4) is 0 Å². The smallest absolute Gasteiger partial charge is 0.124 e. The fourth-order valence-electron chi connectivity index (χ4n) is 1.78. The van der Waals surface area contributed by atoms with Gasteiger partial charge in [-0.3, -0.25) is 0 Å². The Morgan fingerprint density at radius 3 is 2.56 bits per heavy atom. The third-order valence-corrected chi connectivity index (χ3v) is 2.93. The molecule has 16 heavy (non-hydrogen) atoms. The van der Waals surface area contributed by atoms with Gasteiger partial charge in [0.1, 0.15) is 5.84 Å². The van der Waals surface area contributed by atoms with Crippen molar-refractivity contribution in [2.24, 2.45) is 16.1 Å². The van der Waals surface area contributed by atoms with E-state index in [1.807, 2.05) is 13.1 Å². The number of hydrogen-bond acceptors (Lipinski definition) is 3. The highest BCUT2D eigenvalue weighted by Gasteiger charge is 2.18. The average Bonchev–Trinajstić information content (AvgIpc) is 2.28. The van der Waals surface area contributed by atoms with Gasteiger partial charge >= 0.3 is 0 Å². The fraction of sp³-hybridized carbons (Fsp3) is 0.833. The second-order valence-electron chi connectivity index (χ2n) is 4.75. The Hall–Kier alpha value is -0.900. The summed E-state index contributed by atoms with van der Waals surface area (Å²) in [6, 6.07) is 0.610. The highest BCUT2D eigenvalue weighted by atomic mass is 15.3. The molecule has 1 rings (SSSR count). The molecule has 0 spiro atoms. The molecule has 0 unspecified atom stereocenters. The molecule has 0 amide bonds. The molecule has 0 aromatic carbocycles. The van der Waals surface area contributed by atoms with Gasteiger partial charge in [-0.25, -0.2) is 0 Å². The summed E-state index contributed by atoms with van der Waals surface area (Å²) in [4.78, 5) is 2.25. The highest BCUT2D eigenvalue weighted by molar-refractivity contribution is 5.80. The Bertz CT molecular complexity index is 252. The Balaban J connectivity index is 2.48. The highest BCUT2D eigenvalue weighted by Crippen LogP contribution is 2.10. The van der Waals surface area contributed by atoms with Crippen LogP contribution in [0.2, 0.25) is 0 Å². The van der Waals surface area contributed by atoms with E-state index in [-0.39, 0.29) is 0 Å². The summed E-state index contributed by atoms with van der Waals surface area (Å²) in [5.74, 6) is 1.46. The molecule has 92 valence electrons. The molecule has 0 aliphatic carbocycles. The van der Waals surface area contributed by atoms with E-state index in [1.165, 1.54) is 12.8 Å². The first-order chi connectivity index (χ1) is 7.61. The molecule has 0 aromatic rings. The molecule has 1 N–H and O–H groups in total. The van der Waals surface area contributed by atoms with Crippen LogP contribution in [0.5, 0.6) is 0 Å². The van der Waals surface area contributed by atoms with Gasteiger partial charge < -0.3 is 10.2 Å². The summed E-state index contributed by atoms with van der Waals surface area (Å²) in [6.07, 6.45) is 4.26. The molecule has 1 aliphatic rings. The lowest BCUT2D eigenvalue weighted by Gasteiger charge is -2.32. The van der Waals surface area contributed by atoms with E-state index >= 15 is 0 Å². The van der Waals surface area contributed by atoms with Gasteiger partial charge in [0.15, 0.2) is 0 Å². The van der Waals surface area contributed by atoms with E-state index in [0.29, 0.717) is 12.0 Å². The number of nitrogens with zero attached hydrogens (tertiary/aromatic N) is 3. The number of rotatable bonds is 3. The minimum absolute atomic E-state index is 0.459. The maximum atomic E-state index is 4.23. The van der Waals surface area contributed by atoms with E-state index < -0.39 is 0 Å². The third kappa shape index (κ3) is 4.31. The molecule has 0 atom stereocenters. The number of hydrogen-bond donors (Lipinski definition) is 1. The summed E-state index contributed by atoms with van der Waals surface area (Å²) in [6.45, 7) is 8.45. The Morgan fingerprint density at radius 1 is 1.38 bits per heavy atom. The second kappa shape index (κ2) is 6.63. The quantitative estimate of drug-likeness (QED) is 0.450. The Labute approximate surface area is 98.8 Å². The molecular weight excluding hydrogens is 200 g/mol. The predicted octanol–water partition coefficient (Wildman–Crippen LogP) is 1.73. The topological polar surface area (TPSA) is 40.0 Å². The molecule has 0 radical (unpaired) electrons. The maximum Gasteiger partial charge on any atom is 0.124 e. The van der Waals surface area contributed by atoms with Crippen molar-refractivity contribution in [1.82, 2.24) is 10.2 Å². The Kier molecular flexibility index (Phi) is 5.46. The van der Waals surface area contributed by atoms with Crippen molar-refractivity contribution in [3.05, 3.63) is 0 Å². The van der Waals surface area contributed by atoms with Crippen molar-refractivity contribution in [3.63, 3.8) is 0 Å². The number of amidine groups is 1. The van der Waals surface area contributed by atoms with Crippen molar-refractivity contribution in [3.8, 4) is 0 Å². The number of piperidine rings is 1. The zero-order valence-corrected chi connectivity index (χ0v) is 10.9. The summed E-state index contributed by atoms with van der Waals surface area (Å²) in [7, 11) is 2.11. The molecule has 1 saturated heterocycles. The maximum absolute atomic E-state index is 4.23. The molecule has 1 aliphatic heterocycles. The van der Waals surface area contributed by atoms with Crippen molar-refractivity contribution in [2.75, 3.05) is 20.1 Å². The summed E-state index contributed by atoms with van der Waals surface area (Å²) in [5.41, 5.74) is 0. The van der Waals surface area contributed by atoms with Crippen molar-refractivity contribution < 1.29 is 0 Å². The minimum Gasteiger partial charge on any atom is -0.359 e. The van der Waals surface area contributed by atoms with Crippen LogP contribution in [0, 0.1) is 5.92 Å². The Morgan fingerprint density at radius 2 is 2.00 bits per heavy atom. The van der Waals surface area contributed by atoms with Crippen LogP contribution < -0.4 is 5.32 Å². The molecular formula is C12H24N4. The van der Waals surface area contributed by atoms with Gasteiger partial charge in [0.25, 0.3) is 0 Å². The molecule has 0 bridgehead atoms. The van der Waals surface area contributed by atoms with Gasteiger partial charge in [-0.05, 0) is 38.8 Å². The molecule has 0 aromatic heterocycles. The van der Waals surface area contributed by atoms with E-state index in [4.69, 9.17) is 0 Å². The average molecular weight is 224 g/mol. The van der Waals surface area contributed by atoms with Gasteiger partial charge in [-0.1, -0.05) is 13.8 Å². The first-order valence-corrected chi connectivity index (χ1v) is 6.12. The lowest BCUT2D eigenvalue weighted by molar-refractivity contribution is 0.287. The number of nitrogens with one attached hydrogen (secondary N) is 1. The lowest BCUT2D eigenvalue weighted by Crippen LogP contribution is -2.43. The molecule has 1 heterocycles. The summed E-state index contributed by atoms with van der Waals surface area (Å²) < 4.78 is 0. The molecule has 4 heteroatoms. The summed E-state index contributed by atoms with van der Waals surface area (Å²) >= 11 is 0. The van der Waals surface area contributed by atoms with Gasteiger partial charge in [0.05, 0.1) is 0 Å². The van der Waals surface area contributed by atoms with Crippen LogP contribution in [0.25, 0.3) is 0 Å². The first-order valence-electron chi connectivity index (χ1n) is 6.12. The second-order valence-corrected chi connectivity index (χ2v) is 4.75. The first kappa shape index (κ1) is 13.2. The van der Waals surface area contributed by atoms with Crippen LogP contribution in [-0.4, -0.2) is 43.1 Å². The SMILES string of the molecule is C/C(=N/N=C/C(C)C)N(C)C1CCNCC1. The van der Waals surface area contributed by atoms with Crippen molar-refractivity contribution >= 4 is 12.1 Å². The van der Waals surface area contributed by atoms with Crippen LogP contribution in [0.4, 0.5) is 0 Å². The molecule has 1 fully saturated rings. The zero-order chi connectivity index (χ0) is 12.0. The predicted molar refractivity (Wildman–Crippen MR) is 70.1 cm³/mol. The normalized spacial score (nSPS) is 19.7. The van der Waals surface area contributed by atoms with Gasteiger partial charge in [0, 0.05) is 19.3 Å². The van der Waals surface area contributed by atoms with Gasteiger partial charge in [-0.15, -0.1) is 5.10 Å². The molecule has 0 saturated carbocycles.